The Hall–Kier alpha value is -2.64. The predicted octanol–water partition coefficient (Wildman–Crippen LogP) is 6.88. The molecule has 3 aromatic carbocycles. The number of para-hydroxylation sites is 1. The number of ether oxygens (including phenoxy) is 1. The van der Waals surface area contributed by atoms with Crippen LogP contribution in [0.4, 0.5) is 18.9 Å². The van der Waals surface area contributed by atoms with E-state index in [0.29, 0.717) is 18.0 Å². The third-order valence-electron chi connectivity index (χ3n) is 4.25. The van der Waals surface area contributed by atoms with E-state index in [9.17, 15) is 18.0 Å². The van der Waals surface area contributed by atoms with Gasteiger partial charge < -0.3 is 10.1 Å². The van der Waals surface area contributed by atoms with E-state index < -0.39 is 22.6 Å². The van der Waals surface area contributed by atoms with Crippen LogP contribution in [-0.4, -0.2) is 11.7 Å². The molecule has 0 aliphatic heterocycles. The Bertz CT molecular complexity index is 1030. The van der Waals surface area contributed by atoms with Gasteiger partial charge in [0.05, 0.1) is 5.69 Å². The van der Waals surface area contributed by atoms with Crippen molar-refractivity contribution in [3.63, 3.8) is 0 Å². The van der Waals surface area contributed by atoms with Crippen LogP contribution in [0.2, 0.25) is 5.02 Å². The smallest absolute Gasteiger partial charge is 0.420 e. The van der Waals surface area contributed by atoms with Gasteiger partial charge in [-0.05, 0) is 48.4 Å². The molecule has 0 fully saturated rings. The number of hydrogen-bond acceptors (Lipinski definition) is 3. The fraction of sp³-hybridized carbons (Fsp3) is 0.136. The molecule has 0 unspecified atom stereocenters. The van der Waals surface area contributed by atoms with E-state index in [1.165, 1.54) is 6.07 Å². The zero-order valence-corrected chi connectivity index (χ0v) is 17.2. The summed E-state index contributed by atoms with van der Waals surface area (Å²) in [6.45, 7) is 0.314. The van der Waals surface area contributed by atoms with E-state index >= 15 is 0 Å². The molecule has 3 aromatic rings. The van der Waals surface area contributed by atoms with Gasteiger partial charge in [0.1, 0.15) is 11.3 Å². The Labute approximate surface area is 182 Å². The first-order chi connectivity index (χ1) is 14.2. The number of thiol groups is 1. The second-order valence-corrected chi connectivity index (χ2v) is 7.26. The van der Waals surface area contributed by atoms with Crippen LogP contribution in [0, 0.1) is 0 Å². The predicted molar refractivity (Wildman–Crippen MR) is 115 cm³/mol. The molecule has 156 valence electrons. The first-order valence-electron chi connectivity index (χ1n) is 8.94. The molecule has 0 aliphatic rings. The third-order valence-corrected chi connectivity index (χ3v) is 4.76. The zero-order chi connectivity index (χ0) is 21.7. The standard InChI is InChI=1S/C22H17ClF3NO2S/c23-16-8-6-14(7-9-16)10-11-27-19-13-15(21(28)30)12-18(22(24,25)26)20(19)29-17-4-2-1-3-5-17/h1-9,12-13,27H,10-11H2,(H,28,30). The highest BCUT2D eigenvalue weighted by Gasteiger charge is 2.37. The Balaban J connectivity index is 1.95. The molecule has 0 saturated carbocycles. The highest BCUT2D eigenvalue weighted by Crippen LogP contribution is 2.43. The van der Waals surface area contributed by atoms with Gasteiger partial charge in [-0.2, -0.15) is 13.2 Å². The largest absolute Gasteiger partial charge is 0.455 e. The lowest BCUT2D eigenvalue weighted by Crippen LogP contribution is -2.13. The summed E-state index contributed by atoms with van der Waals surface area (Å²) in [4.78, 5) is 11.7. The van der Waals surface area contributed by atoms with Crippen molar-refractivity contribution in [1.82, 2.24) is 0 Å². The zero-order valence-electron chi connectivity index (χ0n) is 15.5. The normalized spacial score (nSPS) is 11.2. The molecule has 30 heavy (non-hydrogen) atoms. The minimum atomic E-state index is -4.73. The van der Waals surface area contributed by atoms with Crippen molar-refractivity contribution in [2.24, 2.45) is 0 Å². The van der Waals surface area contributed by atoms with Crippen molar-refractivity contribution in [3.8, 4) is 11.5 Å². The van der Waals surface area contributed by atoms with Gasteiger partial charge >= 0.3 is 6.18 Å². The summed E-state index contributed by atoms with van der Waals surface area (Å²) in [5.74, 6) is -0.156. The van der Waals surface area contributed by atoms with Crippen LogP contribution >= 0.6 is 24.2 Å². The number of rotatable bonds is 7. The van der Waals surface area contributed by atoms with Gasteiger partial charge in [0.2, 0.25) is 5.12 Å². The molecule has 8 heteroatoms. The van der Waals surface area contributed by atoms with E-state index in [2.05, 4.69) is 17.9 Å². The molecule has 0 heterocycles. The molecule has 3 rings (SSSR count). The molecular formula is C22H17ClF3NO2S. The number of benzene rings is 3. The number of anilines is 1. The highest BCUT2D eigenvalue weighted by atomic mass is 35.5. The molecule has 3 nitrogen and oxygen atoms in total. The van der Waals surface area contributed by atoms with Gasteiger partial charge in [-0.1, -0.05) is 41.9 Å². The van der Waals surface area contributed by atoms with Crippen molar-refractivity contribution >= 4 is 35.0 Å². The Morgan fingerprint density at radius 1 is 1.03 bits per heavy atom. The van der Waals surface area contributed by atoms with E-state index in [0.717, 1.165) is 11.6 Å². The molecular weight excluding hydrogens is 435 g/mol. The average molecular weight is 452 g/mol. The minimum absolute atomic E-state index is 0.0556. The van der Waals surface area contributed by atoms with E-state index in [4.69, 9.17) is 16.3 Å². The summed E-state index contributed by atoms with van der Waals surface area (Å²) >= 11 is 9.55. The van der Waals surface area contributed by atoms with Crippen LogP contribution < -0.4 is 10.1 Å². The molecule has 0 aromatic heterocycles. The van der Waals surface area contributed by atoms with Crippen molar-refractivity contribution in [3.05, 3.63) is 88.4 Å². The van der Waals surface area contributed by atoms with Crippen LogP contribution in [-0.2, 0) is 12.6 Å². The number of alkyl halides is 3. The highest BCUT2D eigenvalue weighted by molar-refractivity contribution is 7.97. The van der Waals surface area contributed by atoms with Crippen LogP contribution in [0.1, 0.15) is 21.5 Å². The number of carbonyl (C=O) groups is 1. The van der Waals surface area contributed by atoms with Crippen molar-refractivity contribution in [2.75, 3.05) is 11.9 Å². The molecule has 0 amide bonds. The summed E-state index contributed by atoms with van der Waals surface area (Å²) in [6.07, 6.45) is -4.20. The van der Waals surface area contributed by atoms with Gasteiger partial charge in [-0.3, -0.25) is 4.79 Å². The maximum absolute atomic E-state index is 13.7. The Morgan fingerprint density at radius 2 is 1.70 bits per heavy atom. The summed E-state index contributed by atoms with van der Waals surface area (Å²) < 4.78 is 46.8. The lowest BCUT2D eigenvalue weighted by atomic mass is 10.1. The maximum atomic E-state index is 13.7. The molecule has 0 bridgehead atoms. The molecule has 0 radical (unpaired) electrons. The SMILES string of the molecule is O=C(S)c1cc(NCCc2ccc(Cl)cc2)c(Oc2ccccc2)c(C(F)(F)F)c1. The van der Waals surface area contributed by atoms with Crippen LogP contribution in [0.5, 0.6) is 11.5 Å². The van der Waals surface area contributed by atoms with E-state index in [-0.39, 0.29) is 17.0 Å². The molecule has 0 spiro atoms. The topological polar surface area (TPSA) is 38.3 Å². The molecule has 0 aliphatic carbocycles. The second kappa shape index (κ2) is 9.45. The van der Waals surface area contributed by atoms with E-state index in [1.54, 1.807) is 42.5 Å². The van der Waals surface area contributed by atoms with Crippen molar-refractivity contribution < 1.29 is 22.7 Å². The van der Waals surface area contributed by atoms with Crippen molar-refractivity contribution in [1.29, 1.82) is 0 Å². The summed E-state index contributed by atoms with van der Waals surface area (Å²) in [5, 5.41) is 2.79. The van der Waals surface area contributed by atoms with Crippen LogP contribution in [0.15, 0.2) is 66.7 Å². The molecule has 0 atom stereocenters. The summed E-state index contributed by atoms with van der Waals surface area (Å²) in [6, 6.07) is 17.3. The summed E-state index contributed by atoms with van der Waals surface area (Å²) in [7, 11) is 0. The number of hydrogen-bond donors (Lipinski definition) is 2. The average Bonchev–Trinajstić information content (AvgIpc) is 2.70. The maximum Gasteiger partial charge on any atom is 0.420 e. The second-order valence-electron chi connectivity index (χ2n) is 6.42. The third kappa shape index (κ3) is 5.70. The van der Waals surface area contributed by atoms with Gasteiger partial charge in [0, 0.05) is 17.1 Å². The van der Waals surface area contributed by atoms with Crippen LogP contribution in [0.25, 0.3) is 0 Å². The fourth-order valence-corrected chi connectivity index (χ4v) is 3.06. The van der Waals surface area contributed by atoms with Gasteiger partial charge in [-0.25, -0.2) is 0 Å². The number of halogens is 4. The summed E-state index contributed by atoms with van der Waals surface area (Å²) in [5.41, 5.74) is -0.227. The minimum Gasteiger partial charge on any atom is -0.455 e. The number of nitrogens with one attached hydrogen (secondary N) is 1. The fourth-order valence-electron chi connectivity index (χ4n) is 2.80. The van der Waals surface area contributed by atoms with Crippen LogP contribution in [0.3, 0.4) is 0 Å². The Kier molecular flexibility index (Phi) is 6.95. The van der Waals surface area contributed by atoms with Crippen molar-refractivity contribution in [2.45, 2.75) is 12.6 Å². The molecule has 0 saturated heterocycles. The van der Waals surface area contributed by atoms with Gasteiger partial charge in [-0.15, -0.1) is 12.6 Å². The first kappa shape index (κ1) is 22.1. The monoisotopic (exact) mass is 451 g/mol. The van der Waals surface area contributed by atoms with E-state index in [1.807, 2.05) is 12.1 Å². The lowest BCUT2D eigenvalue weighted by molar-refractivity contribution is -0.138. The van der Waals surface area contributed by atoms with Gasteiger partial charge in [0.25, 0.3) is 0 Å². The number of carbonyl (C=O) groups excluding carboxylic acids is 1. The lowest BCUT2D eigenvalue weighted by Gasteiger charge is -2.19. The first-order valence-corrected chi connectivity index (χ1v) is 9.76. The van der Waals surface area contributed by atoms with Gasteiger partial charge in [0.15, 0.2) is 5.75 Å². The quantitative estimate of drug-likeness (QED) is 0.385. The Morgan fingerprint density at radius 3 is 2.30 bits per heavy atom. The molecule has 1 N–H and O–H groups in total.